The average molecular weight is 282 g/mol. The van der Waals surface area contributed by atoms with Crippen molar-refractivity contribution in [2.24, 2.45) is 0 Å². The molecule has 0 atom stereocenters. The van der Waals surface area contributed by atoms with Crippen LogP contribution in [0.2, 0.25) is 5.02 Å². The fraction of sp³-hybridized carbons (Fsp3) is 0.231. The molecule has 1 aromatic carbocycles. The van der Waals surface area contributed by atoms with Crippen molar-refractivity contribution in [2.75, 3.05) is 11.9 Å². The largest absolute Gasteiger partial charge is 0.491 e. The Bertz CT molecular complexity index is 565. The Balaban J connectivity index is 2.04. The van der Waals surface area contributed by atoms with Crippen LogP contribution in [-0.2, 0) is 6.54 Å². The molecule has 0 bridgehead atoms. The predicted octanol–water partition coefficient (Wildman–Crippen LogP) is 3.28. The number of hydrogen-bond donors (Lipinski definition) is 1. The van der Waals surface area contributed by atoms with Gasteiger partial charge in [0.25, 0.3) is 0 Å². The molecule has 0 radical (unpaired) electrons. The van der Waals surface area contributed by atoms with Gasteiger partial charge in [0, 0.05) is 6.54 Å². The van der Waals surface area contributed by atoms with E-state index >= 15 is 0 Å². The number of anilines is 1. The van der Waals surface area contributed by atoms with Crippen LogP contribution in [0.5, 0.6) is 5.75 Å². The van der Waals surface area contributed by atoms with Gasteiger partial charge in [-0.15, -0.1) is 0 Å². The van der Waals surface area contributed by atoms with Crippen molar-refractivity contribution in [3.05, 3.63) is 47.1 Å². The normalized spacial score (nSPS) is 10.3. The first kappa shape index (κ1) is 13.5. The lowest BCUT2D eigenvalue weighted by molar-refractivity contribution is 0.321. The van der Waals surface area contributed by atoms with Gasteiger partial charge in [0.1, 0.15) is 17.2 Å². The number of benzene rings is 1. The zero-order valence-electron chi connectivity index (χ0n) is 10.4. The van der Waals surface area contributed by atoms with E-state index in [9.17, 15) is 4.39 Å². The average Bonchev–Trinajstić information content (AvgIpc) is 2.41. The summed E-state index contributed by atoms with van der Waals surface area (Å²) in [5, 5.41) is 3.44. The molecule has 0 saturated heterocycles. The summed E-state index contributed by atoms with van der Waals surface area (Å²) in [5.41, 5.74) is 0.774. The Labute approximate surface area is 115 Å². The van der Waals surface area contributed by atoms with Crippen molar-refractivity contribution in [3.63, 3.8) is 0 Å². The molecule has 0 aliphatic carbocycles. The van der Waals surface area contributed by atoms with Gasteiger partial charge in [0.05, 0.1) is 12.8 Å². The third-order valence-electron chi connectivity index (χ3n) is 2.42. The second kappa shape index (κ2) is 6.33. The predicted molar refractivity (Wildman–Crippen MR) is 71.9 cm³/mol. The van der Waals surface area contributed by atoms with E-state index in [1.807, 2.05) is 6.92 Å². The summed E-state index contributed by atoms with van der Waals surface area (Å²) in [5.74, 6) is 0.396. The van der Waals surface area contributed by atoms with E-state index in [0.717, 1.165) is 5.56 Å². The van der Waals surface area contributed by atoms with E-state index in [2.05, 4.69) is 15.3 Å². The van der Waals surface area contributed by atoms with Crippen molar-refractivity contribution < 1.29 is 9.13 Å². The highest BCUT2D eigenvalue weighted by Gasteiger charge is 2.05. The van der Waals surface area contributed by atoms with E-state index in [1.54, 1.807) is 12.1 Å². The summed E-state index contributed by atoms with van der Waals surface area (Å²) in [6.45, 7) is 2.66. The van der Waals surface area contributed by atoms with Crippen LogP contribution < -0.4 is 10.1 Å². The van der Waals surface area contributed by atoms with Gasteiger partial charge < -0.3 is 10.1 Å². The molecule has 0 amide bonds. The highest BCUT2D eigenvalue weighted by Crippen LogP contribution is 2.20. The third kappa shape index (κ3) is 3.54. The van der Waals surface area contributed by atoms with Gasteiger partial charge in [0.2, 0.25) is 0 Å². The molecular weight excluding hydrogens is 269 g/mol. The molecule has 19 heavy (non-hydrogen) atoms. The number of rotatable bonds is 5. The Morgan fingerprint density at radius 2 is 2.26 bits per heavy atom. The first-order chi connectivity index (χ1) is 9.20. The van der Waals surface area contributed by atoms with Crippen LogP contribution in [0.25, 0.3) is 0 Å². The lowest BCUT2D eigenvalue weighted by atomic mass is 10.2. The zero-order chi connectivity index (χ0) is 13.7. The van der Waals surface area contributed by atoms with Crippen molar-refractivity contribution in [1.82, 2.24) is 9.97 Å². The molecule has 0 spiro atoms. The van der Waals surface area contributed by atoms with Crippen molar-refractivity contribution in [1.29, 1.82) is 0 Å². The summed E-state index contributed by atoms with van der Waals surface area (Å²) < 4.78 is 18.8. The molecule has 0 aliphatic heterocycles. The van der Waals surface area contributed by atoms with Gasteiger partial charge in [-0.3, -0.25) is 0 Å². The minimum absolute atomic E-state index is 0.256. The third-order valence-corrected chi connectivity index (χ3v) is 2.70. The maximum Gasteiger partial charge on any atom is 0.165 e. The van der Waals surface area contributed by atoms with Gasteiger partial charge in [0.15, 0.2) is 11.6 Å². The first-order valence-corrected chi connectivity index (χ1v) is 6.19. The van der Waals surface area contributed by atoms with Crippen LogP contribution >= 0.6 is 11.6 Å². The highest BCUT2D eigenvalue weighted by molar-refractivity contribution is 6.32. The van der Waals surface area contributed by atoms with Crippen LogP contribution in [0.3, 0.4) is 0 Å². The molecule has 0 aliphatic rings. The topological polar surface area (TPSA) is 47.0 Å². The van der Waals surface area contributed by atoms with Gasteiger partial charge in [-0.25, -0.2) is 14.4 Å². The first-order valence-electron chi connectivity index (χ1n) is 5.81. The summed E-state index contributed by atoms with van der Waals surface area (Å²) >= 11 is 5.91. The Morgan fingerprint density at radius 1 is 1.42 bits per heavy atom. The maximum atomic E-state index is 13.6. The Kier molecular flexibility index (Phi) is 4.52. The number of nitrogens with one attached hydrogen (secondary N) is 1. The molecule has 1 aromatic heterocycles. The summed E-state index contributed by atoms with van der Waals surface area (Å²) in [4.78, 5) is 7.78. The van der Waals surface area contributed by atoms with Gasteiger partial charge in [-0.05, 0) is 24.6 Å². The summed E-state index contributed by atoms with van der Waals surface area (Å²) in [6.07, 6.45) is 2.89. The lowest BCUT2D eigenvalue weighted by Crippen LogP contribution is -2.03. The van der Waals surface area contributed by atoms with E-state index in [4.69, 9.17) is 16.3 Å². The Hall–Kier alpha value is -1.88. The molecule has 0 fully saturated rings. The van der Waals surface area contributed by atoms with E-state index in [1.165, 1.54) is 18.6 Å². The highest BCUT2D eigenvalue weighted by atomic mass is 35.5. The zero-order valence-corrected chi connectivity index (χ0v) is 11.1. The van der Waals surface area contributed by atoms with Crippen molar-refractivity contribution in [3.8, 4) is 5.75 Å². The lowest BCUT2D eigenvalue weighted by Gasteiger charge is -2.09. The fourth-order valence-corrected chi connectivity index (χ4v) is 1.73. The van der Waals surface area contributed by atoms with Gasteiger partial charge in [-0.2, -0.15) is 0 Å². The number of ether oxygens (including phenoxy) is 1. The van der Waals surface area contributed by atoms with Crippen LogP contribution in [-0.4, -0.2) is 16.6 Å². The molecule has 0 saturated carbocycles. The van der Waals surface area contributed by atoms with Crippen molar-refractivity contribution in [2.45, 2.75) is 13.5 Å². The molecule has 100 valence electrons. The number of aromatic nitrogens is 2. The fourth-order valence-electron chi connectivity index (χ4n) is 1.56. The quantitative estimate of drug-likeness (QED) is 0.914. The number of hydrogen-bond acceptors (Lipinski definition) is 4. The van der Waals surface area contributed by atoms with Gasteiger partial charge >= 0.3 is 0 Å². The number of nitrogens with zero attached hydrogens (tertiary/aromatic N) is 2. The molecule has 2 aromatic rings. The van der Waals surface area contributed by atoms with Crippen LogP contribution in [0.15, 0.2) is 30.7 Å². The minimum atomic E-state index is -0.380. The standard InChI is InChI=1S/C13H13ClFN3O/c1-2-19-12-4-3-9(5-11(12)15)6-17-13-10(14)7-16-8-18-13/h3-5,7-8H,2,6H2,1H3,(H,16,17,18). The van der Waals surface area contributed by atoms with Crippen LogP contribution in [0.1, 0.15) is 12.5 Å². The Morgan fingerprint density at radius 3 is 2.95 bits per heavy atom. The second-order valence-corrected chi connectivity index (χ2v) is 4.18. The van der Waals surface area contributed by atoms with E-state index in [-0.39, 0.29) is 11.6 Å². The molecule has 0 unspecified atom stereocenters. The summed E-state index contributed by atoms with van der Waals surface area (Å²) in [6, 6.07) is 4.82. The molecule has 4 nitrogen and oxygen atoms in total. The molecule has 1 heterocycles. The van der Waals surface area contributed by atoms with Gasteiger partial charge in [-0.1, -0.05) is 17.7 Å². The SMILES string of the molecule is CCOc1ccc(CNc2ncncc2Cl)cc1F. The van der Waals surface area contributed by atoms with Crippen LogP contribution in [0, 0.1) is 5.82 Å². The minimum Gasteiger partial charge on any atom is -0.491 e. The molecule has 2 rings (SSSR count). The smallest absolute Gasteiger partial charge is 0.165 e. The molecule has 6 heteroatoms. The summed E-state index contributed by atoms with van der Waals surface area (Å²) in [7, 11) is 0. The number of halogens is 2. The maximum absolute atomic E-state index is 13.6. The molecule has 1 N–H and O–H groups in total. The van der Waals surface area contributed by atoms with Crippen LogP contribution in [0.4, 0.5) is 10.2 Å². The van der Waals surface area contributed by atoms with Crippen molar-refractivity contribution >= 4 is 17.4 Å². The second-order valence-electron chi connectivity index (χ2n) is 3.77. The monoisotopic (exact) mass is 281 g/mol. The van der Waals surface area contributed by atoms with E-state index < -0.39 is 0 Å². The van der Waals surface area contributed by atoms with E-state index in [0.29, 0.717) is 24.0 Å². The molecular formula is C13H13ClFN3O.